The van der Waals surface area contributed by atoms with Gasteiger partial charge in [-0.3, -0.25) is 4.79 Å². The highest BCUT2D eigenvalue weighted by Crippen LogP contribution is 2.41. The molecule has 0 spiro atoms. The second-order valence-electron chi connectivity index (χ2n) is 12.3. The molecular weight excluding hydrogens is 645 g/mol. The third-order valence-corrected chi connectivity index (χ3v) is 9.64. The molecule has 252 valence electrons. The third kappa shape index (κ3) is 8.07. The van der Waals surface area contributed by atoms with Gasteiger partial charge in [0, 0.05) is 42.3 Å². The first-order chi connectivity index (χ1) is 24.5. The van der Waals surface area contributed by atoms with Crippen molar-refractivity contribution in [3.63, 3.8) is 0 Å². The van der Waals surface area contributed by atoms with Gasteiger partial charge in [0.2, 0.25) is 5.91 Å². The molecule has 1 aliphatic rings. The molecule has 1 saturated heterocycles. The Bertz CT molecular complexity index is 1960. The summed E-state index contributed by atoms with van der Waals surface area (Å²) < 4.78 is 19.6. The molecule has 2 heterocycles. The summed E-state index contributed by atoms with van der Waals surface area (Å²) in [6.45, 7) is 2.00. The lowest BCUT2D eigenvalue weighted by molar-refractivity contribution is -0.245. The number of carbonyl (C=O) groups is 1. The normalized spacial score (nSPS) is 17.4. The fourth-order valence-corrected chi connectivity index (χ4v) is 6.89. The maximum absolute atomic E-state index is 11.4. The van der Waals surface area contributed by atoms with Crippen molar-refractivity contribution in [2.24, 2.45) is 0 Å². The predicted octanol–water partition coefficient (Wildman–Crippen LogP) is 9.14. The maximum atomic E-state index is 11.4. The fourth-order valence-electron chi connectivity index (χ4n) is 6.05. The number of aliphatic hydroxyl groups is 1. The Labute approximate surface area is 296 Å². The number of oxazole rings is 1. The zero-order valence-corrected chi connectivity index (χ0v) is 28.5. The zero-order valence-electron chi connectivity index (χ0n) is 27.7. The molecule has 8 heteroatoms. The van der Waals surface area contributed by atoms with Gasteiger partial charge in [-0.25, -0.2) is 4.98 Å². The average Bonchev–Trinajstić information content (AvgIpc) is 3.61. The molecule has 7 rings (SSSR count). The molecule has 2 N–H and O–H groups in total. The smallest absolute Gasteiger partial charge is 0.256 e. The minimum absolute atomic E-state index is 0.00854. The highest BCUT2D eigenvalue weighted by Gasteiger charge is 2.33. The van der Waals surface area contributed by atoms with E-state index in [1.54, 1.807) is 11.8 Å². The number of amides is 1. The van der Waals surface area contributed by atoms with Gasteiger partial charge in [-0.15, -0.1) is 0 Å². The van der Waals surface area contributed by atoms with Gasteiger partial charge in [0.15, 0.2) is 12.1 Å². The van der Waals surface area contributed by atoms with E-state index in [-0.39, 0.29) is 24.7 Å². The molecule has 1 amide bonds. The van der Waals surface area contributed by atoms with Crippen LogP contribution < -0.4 is 5.32 Å². The summed E-state index contributed by atoms with van der Waals surface area (Å²) in [5.74, 6) is 1.31. The highest BCUT2D eigenvalue weighted by molar-refractivity contribution is 7.99. The molecule has 5 aromatic carbocycles. The van der Waals surface area contributed by atoms with Gasteiger partial charge < -0.3 is 24.3 Å². The van der Waals surface area contributed by atoms with Crippen molar-refractivity contribution in [1.29, 1.82) is 0 Å². The number of nitrogens with one attached hydrogen (secondary N) is 1. The van der Waals surface area contributed by atoms with Gasteiger partial charge in [-0.1, -0.05) is 139 Å². The SMILES string of the molecule is CC(=O)NCc1cccc(-c2ccc(C3OC(CSc4nc(-c5ccccc5)c(-c5ccccc5)o4)CC(c4ccc(CO)cc4)O3)cc2)c1. The number of thioether (sulfide) groups is 1. The number of hydrogen-bond acceptors (Lipinski definition) is 7. The van der Waals surface area contributed by atoms with Crippen LogP contribution in [0.15, 0.2) is 143 Å². The quantitative estimate of drug-likeness (QED) is 0.132. The van der Waals surface area contributed by atoms with Gasteiger partial charge in [0.1, 0.15) is 5.69 Å². The van der Waals surface area contributed by atoms with E-state index in [4.69, 9.17) is 18.9 Å². The second kappa shape index (κ2) is 15.7. The van der Waals surface area contributed by atoms with Crippen LogP contribution in [0, 0.1) is 0 Å². The minimum atomic E-state index is -0.582. The van der Waals surface area contributed by atoms with E-state index in [0.717, 1.165) is 56.0 Å². The number of ether oxygens (including phenoxy) is 2. The van der Waals surface area contributed by atoms with Crippen LogP contribution in [0.25, 0.3) is 33.7 Å². The highest BCUT2D eigenvalue weighted by atomic mass is 32.2. The monoisotopic (exact) mass is 682 g/mol. The van der Waals surface area contributed by atoms with Gasteiger partial charge in [-0.05, 0) is 33.9 Å². The molecule has 6 aromatic rings. The molecule has 1 aliphatic heterocycles. The van der Waals surface area contributed by atoms with Gasteiger partial charge >= 0.3 is 0 Å². The lowest BCUT2D eigenvalue weighted by Gasteiger charge is -2.36. The molecule has 0 radical (unpaired) electrons. The molecule has 0 aliphatic carbocycles. The third-order valence-electron chi connectivity index (χ3n) is 8.68. The van der Waals surface area contributed by atoms with Crippen molar-refractivity contribution in [2.45, 2.75) is 50.2 Å². The number of aliphatic hydroxyl groups excluding tert-OH is 1. The first-order valence-corrected chi connectivity index (χ1v) is 17.7. The summed E-state index contributed by atoms with van der Waals surface area (Å²) in [5.41, 5.74) is 8.76. The van der Waals surface area contributed by atoms with Crippen molar-refractivity contribution in [3.8, 4) is 33.7 Å². The van der Waals surface area contributed by atoms with E-state index in [2.05, 4.69) is 29.6 Å². The second-order valence-corrected chi connectivity index (χ2v) is 13.3. The van der Waals surface area contributed by atoms with Crippen molar-refractivity contribution in [1.82, 2.24) is 10.3 Å². The molecule has 3 unspecified atom stereocenters. The van der Waals surface area contributed by atoms with E-state index in [1.165, 1.54) is 6.92 Å². The van der Waals surface area contributed by atoms with E-state index in [1.807, 2.05) is 109 Å². The summed E-state index contributed by atoms with van der Waals surface area (Å²) in [6.07, 6.45) is -0.291. The Morgan fingerprint density at radius 1 is 0.760 bits per heavy atom. The predicted molar refractivity (Wildman–Crippen MR) is 196 cm³/mol. The molecule has 1 fully saturated rings. The Balaban J connectivity index is 1.12. The number of rotatable bonds is 11. The lowest BCUT2D eigenvalue weighted by atomic mass is 9.99. The van der Waals surface area contributed by atoms with Crippen LogP contribution in [0.3, 0.4) is 0 Å². The Kier molecular flexibility index (Phi) is 10.5. The van der Waals surface area contributed by atoms with Gasteiger partial charge in [-0.2, -0.15) is 0 Å². The number of nitrogens with zero attached hydrogens (tertiary/aromatic N) is 1. The van der Waals surface area contributed by atoms with Gasteiger partial charge in [0.25, 0.3) is 5.22 Å². The molecule has 0 bridgehead atoms. The van der Waals surface area contributed by atoms with Crippen LogP contribution in [0.2, 0.25) is 0 Å². The maximum Gasteiger partial charge on any atom is 0.256 e. The van der Waals surface area contributed by atoms with E-state index in [9.17, 15) is 9.90 Å². The molecule has 7 nitrogen and oxygen atoms in total. The van der Waals surface area contributed by atoms with Crippen LogP contribution in [-0.4, -0.2) is 27.9 Å². The van der Waals surface area contributed by atoms with Crippen LogP contribution >= 0.6 is 11.8 Å². The Hall–Kier alpha value is -4.99. The first kappa shape index (κ1) is 33.5. The molecular formula is C42H38N2O5S. The number of aromatic nitrogens is 1. The molecule has 0 saturated carbocycles. The average molecular weight is 683 g/mol. The van der Waals surface area contributed by atoms with Crippen LogP contribution in [0.4, 0.5) is 0 Å². The fraction of sp³-hybridized carbons (Fsp3) is 0.190. The van der Waals surface area contributed by atoms with Crippen molar-refractivity contribution >= 4 is 17.7 Å². The summed E-state index contributed by atoms with van der Waals surface area (Å²) in [7, 11) is 0. The summed E-state index contributed by atoms with van der Waals surface area (Å²) in [6, 6.07) is 44.5. The Morgan fingerprint density at radius 3 is 2.14 bits per heavy atom. The standard InChI is InChI=1S/C42H38N2O5S/c1-28(46)43-25-30-9-8-14-36(23-30)31-19-21-35(22-20-31)41-47-37(24-38(48-41)32-17-15-29(26-45)16-18-32)27-50-42-44-39(33-10-4-2-5-11-33)40(49-42)34-12-6-3-7-13-34/h2-23,37-38,41,45H,24-27H2,1H3,(H,43,46). The number of benzene rings is 5. The summed E-state index contributed by atoms with van der Waals surface area (Å²) >= 11 is 1.54. The van der Waals surface area contributed by atoms with Crippen molar-refractivity contribution in [2.75, 3.05) is 5.75 Å². The van der Waals surface area contributed by atoms with Crippen LogP contribution in [0.1, 0.15) is 48.0 Å². The minimum Gasteiger partial charge on any atom is -0.431 e. The molecule has 1 aromatic heterocycles. The summed E-state index contributed by atoms with van der Waals surface area (Å²) in [5, 5.41) is 13.1. The first-order valence-electron chi connectivity index (χ1n) is 16.7. The largest absolute Gasteiger partial charge is 0.431 e. The molecule has 50 heavy (non-hydrogen) atoms. The van der Waals surface area contributed by atoms with E-state index >= 15 is 0 Å². The molecule has 3 atom stereocenters. The van der Waals surface area contributed by atoms with E-state index in [0.29, 0.717) is 23.9 Å². The van der Waals surface area contributed by atoms with Gasteiger partial charge in [0.05, 0.1) is 18.8 Å². The van der Waals surface area contributed by atoms with Crippen molar-refractivity contribution in [3.05, 3.63) is 156 Å². The van der Waals surface area contributed by atoms with Crippen molar-refractivity contribution < 1.29 is 23.8 Å². The van der Waals surface area contributed by atoms with Crippen LogP contribution in [-0.2, 0) is 27.4 Å². The zero-order chi connectivity index (χ0) is 34.3. The topological polar surface area (TPSA) is 93.8 Å². The Morgan fingerprint density at radius 2 is 1.44 bits per heavy atom. The lowest BCUT2D eigenvalue weighted by Crippen LogP contribution is -2.31. The summed E-state index contributed by atoms with van der Waals surface area (Å²) in [4.78, 5) is 16.4. The van der Waals surface area contributed by atoms with Crippen LogP contribution in [0.5, 0.6) is 0 Å². The number of carbonyl (C=O) groups excluding carboxylic acids is 1. The number of hydrogen-bond donors (Lipinski definition) is 2. The van der Waals surface area contributed by atoms with E-state index < -0.39 is 6.29 Å².